The zero-order valence-electron chi connectivity index (χ0n) is 14.3. The van der Waals surface area contributed by atoms with Crippen LogP contribution in [0.15, 0.2) is 40.9 Å². The molecule has 0 aliphatic carbocycles. The third-order valence-electron chi connectivity index (χ3n) is 4.09. The molecule has 1 aliphatic rings. The lowest BCUT2D eigenvalue weighted by Crippen LogP contribution is -2.35. The van der Waals surface area contributed by atoms with Crippen LogP contribution >= 0.6 is 15.9 Å². The highest BCUT2D eigenvalue weighted by Crippen LogP contribution is 2.33. The normalized spacial score (nSPS) is 16.2. The second kappa shape index (κ2) is 8.06. The van der Waals surface area contributed by atoms with Crippen molar-refractivity contribution in [1.29, 1.82) is 0 Å². The van der Waals surface area contributed by atoms with Crippen molar-refractivity contribution in [2.45, 2.75) is 6.17 Å². The number of amides is 2. The summed E-state index contributed by atoms with van der Waals surface area (Å²) in [6.45, 7) is -0.513. The van der Waals surface area contributed by atoms with Gasteiger partial charge in [-0.2, -0.15) is 5.06 Å². The highest BCUT2D eigenvalue weighted by Gasteiger charge is 2.42. The molecule has 2 aromatic rings. The summed E-state index contributed by atoms with van der Waals surface area (Å²) in [4.78, 5) is 25.7. The van der Waals surface area contributed by atoms with E-state index in [0.29, 0.717) is 15.1 Å². The van der Waals surface area contributed by atoms with Crippen molar-refractivity contribution in [3.63, 3.8) is 0 Å². The van der Waals surface area contributed by atoms with Gasteiger partial charge >= 0.3 is 0 Å². The van der Waals surface area contributed by atoms with Crippen molar-refractivity contribution >= 4 is 27.7 Å². The van der Waals surface area contributed by atoms with Crippen LogP contribution in [0, 0.1) is 23.5 Å². The molecule has 1 unspecified atom stereocenters. The molecule has 1 saturated heterocycles. The predicted molar refractivity (Wildman–Crippen MR) is 98.8 cm³/mol. The molecule has 3 N–H and O–H groups in total. The van der Waals surface area contributed by atoms with E-state index in [1.54, 1.807) is 24.3 Å². The third kappa shape index (κ3) is 3.75. The van der Waals surface area contributed by atoms with Crippen LogP contribution in [0.2, 0.25) is 0 Å². The molecule has 2 aromatic carbocycles. The fourth-order valence-electron chi connectivity index (χ4n) is 2.89. The van der Waals surface area contributed by atoms with Gasteiger partial charge in [0.1, 0.15) is 23.7 Å². The molecule has 0 radical (unpaired) electrons. The Bertz CT molecular complexity index is 996. The molecule has 144 valence electrons. The standard InChI is InChI=1S/C19H14BrF2N3O3/c20-13-5-1-4-12(9-13)18-24(10-16(26)25(18)28)19(27)17-14(21)7-11(3-2-6-23)8-15(17)22/h1,4-5,7-9,18,28H,6,10,23H2. The molecular formula is C19H14BrF2N3O3. The zero-order valence-corrected chi connectivity index (χ0v) is 15.9. The summed E-state index contributed by atoms with van der Waals surface area (Å²) < 4.78 is 29.6. The van der Waals surface area contributed by atoms with Crippen LogP contribution in [-0.2, 0) is 4.79 Å². The van der Waals surface area contributed by atoms with Crippen LogP contribution in [0.1, 0.15) is 27.7 Å². The fourth-order valence-corrected chi connectivity index (χ4v) is 3.31. The quantitative estimate of drug-likeness (QED) is 0.544. The van der Waals surface area contributed by atoms with Crippen molar-refractivity contribution in [3.05, 3.63) is 69.2 Å². The second-order valence-electron chi connectivity index (χ2n) is 5.92. The van der Waals surface area contributed by atoms with E-state index in [-0.39, 0.29) is 12.1 Å². The van der Waals surface area contributed by atoms with E-state index in [9.17, 15) is 23.6 Å². The molecule has 1 heterocycles. The molecule has 6 nitrogen and oxygen atoms in total. The molecule has 28 heavy (non-hydrogen) atoms. The number of hydroxylamine groups is 2. The summed E-state index contributed by atoms with van der Waals surface area (Å²) in [6.07, 6.45) is -1.21. The maximum absolute atomic E-state index is 14.5. The van der Waals surface area contributed by atoms with Gasteiger partial charge in [-0.1, -0.05) is 39.9 Å². The zero-order chi connectivity index (χ0) is 20.4. The Labute approximate surface area is 167 Å². The number of carbonyl (C=O) groups excluding carboxylic acids is 2. The van der Waals surface area contributed by atoms with E-state index in [2.05, 4.69) is 27.8 Å². The molecule has 9 heteroatoms. The van der Waals surface area contributed by atoms with E-state index in [4.69, 9.17) is 5.73 Å². The summed E-state index contributed by atoms with van der Waals surface area (Å²) in [5.41, 5.74) is 4.82. The topological polar surface area (TPSA) is 86.9 Å². The first kappa shape index (κ1) is 19.9. The number of nitrogens with zero attached hydrogens (tertiary/aromatic N) is 2. The molecule has 1 fully saturated rings. The van der Waals surface area contributed by atoms with Gasteiger partial charge in [0.15, 0.2) is 6.17 Å². The number of rotatable bonds is 2. The monoisotopic (exact) mass is 449 g/mol. The van der Waals surface area contributed by atoms with Gasteiger partial charge in [-0.15, -0.1) is 0 Å². The molecular weight excluding hydrogens is 436 g/mol. The fraction of sp³-hybridized carbons (Fsp3) is 0.158. The van der Waals surface area contributed by atoms with Crippen LogP contribution in [-0.4, -0.2) is 40.1 Å². The van der Waals surface area contributed by atoms with Crippen molar-refractivity contribution in [3.8, 4) is 11.8 Å². The van der Waals surface area contributed by atoms with Gasteiger partial charge in [-0.05, 0) is 29.8 Å². The lowest BCUT2D eigenvalue weighted by molar-refractivity contribution is -0.168. The van der Waals surface area contributed by atoms with Crippen LogP contribution in [0.5, 0.6) is 0 Å². The Morgan fingerprint density at radius 1 is 1.29 bits per heavy atom. The number of benzene rings is 2. The SMILES string of the molecule is NCC#Cc1cc(F)c(C(=O)N2CC(=O)N(O)C2c2cccc(Br)c2)c(F)c1. The van der Waals surface area contributed by atoms with E-state index >= 15 is 0 Å². The number of halogens is 3. The van der Waals surface area contributed by atoms with Crippen molar-refractivity contribution in [2.75, 3.05) is 13.1 Å². The Hall–Kier alpha value is -2.80. The van der Waals surface area contributed by atoms with Crippen LogP contribution in [0.4, 0.5) is 8.78 Å². The van der Waals surface area contributed by atoms with Crippen LogP contribution < -0.4 is 5.73 Å². The first-order valence-corrected chi connectivity index (χ1v) is 8.88. The van der Waals surface area contributed by atoms with Gasteiger partial charge in [0.25, 0.3) is 11.8 Å². The third-order valence-corrected chi connectivity index (χ3v) is 4.58. The van der Waals surface area contributed by atoms with E-state index in [1.165, 1.54) is 0 Å². The Balaban J connectivity index is 2.02. The van der Waals surface area contributed by atoms with Crippen molar-refractivity contribution < 1.29 is 23.6 Å². The summed E-state index contributed by atoms with van der Waals surface area (Å²) in [6, 6.07) is 8.36. The molecule has 0 bridgehead atoms. The number of nitrogens with two attached hydrogens (primary N) is 1. The summed E-state index contributed by atoms with van der Waals surface area (Å²) in [5, 5.41) is 10.5. The van der Waals surface area contributed by atoms with E-state index in [1.807, 2.05) is 0 Å². The van der Waals surface area contributed by atoms with Gasteiger partial charge in [0, 0.05) is 10.0 Å². The van der Waals surface area contributed by atoms with Gasteiger partial charge < -0.3 is 10.6 Å². The predicted octanol–water partition coefficient (Wildman–Crippen LogP) is 2.41. The van der Waals surface area contributed by atoms with Gasteiger partial charge in [0.2, 0.25) is 0 Å². The van der Waals surface area contributed by atoms with E-state index < -0.39 is 41.7 Å². The summed E-state index contributed by atoms with van der Waals surface area (Å²) >= 11 is 3.27. The average molecular weight is 450 g/mol. The maximum Gasteiger partial charge on any atom is 0.267 e. The molecule has 0 aromatic heterocycles. The Morgan fingerprint density at radius 2 is 1.96 bits per heavy atom. The summed E-state index contributed by atoms with van der Waals surface area (Å²) in [7, 11) is 0. The molecule has 2 amide bonds. The minimum absolute atomic E-state index is 0.0143. The number of hydrogen-bond acceptors (Lipinski definition) is 4. The Morgan fingerprint density at radius 3 is 2.57 bits per heavy atom. The van der Waals surface area contributed by atoms with Gasteiger partial charge in [-0.3, -0.25) is 14.8 Å². The van der Waals surface area contributed by atoms with Crippen molar-refractivity contribution in [1.82, 2.24) is 9.96 Å². The smallest absolute Gasteiger partial charge is 0.267 e. The minimum atomic E-state index is -1.21. The Kier molecular flexibility index (Phi) is 5.74. The number of hydrogen-bond donors (Lipinski definition) is 2. The highest BCUT2D eigenvalue weighted by atomic mass is 79.9. The molecule has 0 spiro atoms. The largest absolute Gasteiger partial charge is 0.320 e. The first-order chi connectivity index (χ1) is 13.3. The first-order valence-electron chi connectivity index (χ1n) is 8.09. The molecule has 3 rings (SSSR count). The van der Waals surface area contributed by atoms with Crippen LogP contribution in [0.25, 0.3) is 0 Å². The lowest BCUT2D eigenvalue weighted by Gasteiger charge is -2.27. The van der Waals surface area contributed by atoms with Crippen LogP contribution in [0.3, 0.4) is 0 Å². The molecule has 1 aliphatic heterocycles. The lowest BCUT2D eigenvalue weighted by atomic mass is 10.1. The second-order valence-corrected chi connectivity index (χ2v) is 6.84. The average Bonchev–Trinajstić information content (AvgIpc) is 2.94. The molecule has 1 atom stereocenters. The maximum atomic E-state index is 14.5. The summed E-state index contributed by atoms with van der Waals surface area (Å²) in [5.74, 6) is 0.873. The highest BCUT2D eigenvalue weighted by molar-refractivity contribution is 9.10. The van der Waals surface area contributed by atoms with Gasteiger partial charge in [0.05, 0.1) is 6.54 Å². The number of carbonyl (C=O) groups is 2. The molecule has 0 saturated carbocycles. The minimum Gasteiger partial charge on any atom is -0.320 e. The van der Waals surface area contributed by atoms with Crippen molar-refractivity contribution in [2.24, 2.45) is 5.73 Å². The van der Waals surface area contributed by atoms with E-state index in [0.717, 1.165) is 17.0 Å². The van der Waals surface area contributed by atoms with Gasteiger partial charge in [-0.25, -0.2) is 8.78 Å².